The van der Waals surface area contributed by atoms with Gasteiger partial charge in [-0.25, -0.2) is 4.98 Å². The van der Waals surface area contributed by atoms with E-state index in [1.165, 1.54) is 0 Å². The lowest BCUT2D eigenvalue weighted by atomic mass is 10.0. The molecule has 168 valence electrons. The molecule has 0 radical (unpaired) electrons. The quantitative estimate of drug-likeness (QED) is 0.376. The van der Waals surface area contributed by atoms with E-state index in [4.69, 9.17) is 8.94 Å². The van der Waals surface area contributed by atoms with E-state index in [1.54, 1.807) is 55.7 Å². The molecule has 0 spiro atoms. The lowest BCUT2D eigenvalue weighted by Crippen LogP contribution is -2.24. The molecule has 8 nitrogen and oxygen atoms in total. The van der Waals surface area contributed by atoms with Crippen LogP contribution in [-0.4, -0.2) is 22.0 Å². The maximum Gasteiger partial charge on any atom is 0.259 e. The first-order valence-electron chi connectivity index (χ1n) is 10.6. The molecule has 5 rings (SSSR count). The molecule has 34 heavy (non-hydrogen) atoms. The molecular formula is C26H20N4O4. The lowest BCUT2D eigenvalue weighted by molar-refractivity contribution is 0.0949. The third-order valence-corrected chi connectivity index (χ3v) is 5.35. The number of anilines is 1. The molecule has 0 unspecified atom stereocenters. The summed E-state index contributed by atoms with van der Waals surface area (Å²) in [6.07, 6.45) is 1.54. The molecular weight excluding hydrogens is 432 g/mol. The van der Waals surface area contributed by atoms with Crippen molar-refractivity contribution in [2.75, 3.05) is 5.32 Å². The van der Waals surface area contributed by atoms with Crippen molar-refractivity contribution in [2.45, 2.75) is 13.5 Å². The van der Waals surface area contributed by atoms with Gasteiger partial charge in [-0.2, -0.15) is 0 Å². The van der Waals surface area contributed by atoms with Crippen LogP contribution in [0.25, 0.3) is 22.4 Å². The fraction of sp³-hybridized carbons (Fsp3) is 0.0769. The van der Waals surface area contributed by atoms with E-state index in [9.17, 15) is 9.59 Å². The van der Waals surface area contributed by atoms with Gasteiger partial charge in [-0.15, -0.1) is 0 Å². The van der Waals surface area contributed by atoms with Gasteiger partial charge in [0.1, 0.15) is 5.76 Å². The summed E-state index contributed by atoms with van der Waals surface area (Å²) in [5.74, 6) is -0.106. The van der Waals surface area contributed by atoms with Gasteiger partial charge in [-0.1, -0.05) is 47.6 Å². The number of nitrogens with one attached hydrogen (secondary N) is 2. The predicted molar refractivity (Wildman–Crippen MR) is 126 cm³/mol. The van der Waals surface area contributed by atoms with Gasteiger partial charge in [0, 0.05) is 5.56 Å². The van der Waals surface area contributed by atoms with Gasteiger partial charge in [0.05, 0.1) is 46.4 Å². The molecule has 0 aliphatic rings. The maximum atomic E-state index is 13.4. The Kier molecular flexibility index (Phi) is 5.61. The molecule has 0 atom stereocenters. The largest absolute Gasteiger partial charge is 0.467 e. The number of aromatic nitrogens is 2. The lowest BCUT2D eigenvalue weighted by Gasteiger charge is -2.12. The number of carbonyl (C=O) groups is 2. The van der Waals surface area contributed by atoms with E-state index in [2.05, 4.69) is 20.8 Å². The van der Waals surface area contributed by atoms with Crippen molar-refractivity contribution < 1.29 is 18.5 Å². The topological polar surface area (TPSA) is 110 Å². The Morgan fingerprint density at radius 3 is 2.50 bits per heavy atom. The number of hydrogen-bond acceptors (Lipinski definition) is 6. The number of carbonyl (C=O) groups excluding carboxylic acids is 2. The van der Waals surface area contributed by atoms with Gasteiger partial charge >= 0.3 is 0 Å². The van der Waals surface area contributed by atoms with Crippen LogP contribution in [0.3, 0.4) is 0 Å². The van der Waals surface area contributed by atoms with Crippen LogP contribution in [-0.2, 0) is 6.54 Å². The first kappa shape index (κ1) is 21.1. The van der Waals surface area contributed by atoms with Crippen LogP contribution in [0.1, 0.15) is 32.2 Å². The molecule has 3 aromatic heterocycles. The summed E-state index contributed by atoms with van der Waals surface area (Å²) in [7, 11) is 0. The third kappa shape index (κ3) is 4.16. The average Bonchev–Trinajstić information content (AvgIpc) is 3.53. The molecule has 8 heteroatoms. The van der Waals surface area contributed by atoms with Crippen molar-refractivity contribution in [2.24, 2.45) is 0 Å². The molecule has 0 aliphatic heterocycles. The first-order chi connectivity index (χ1) is 16.6. The van der Waals surface area contributed by atoms with E-state index in [1.807, 2.05) is 30.3 Å². The summed E-state index contributed by atoms with van der Waals surface area (Å²) >= 11 is 0. The van der Waals surface area contributed by atoms with Gasteiger partial charge in [-0.05, 0) is 37.3 Å². The molecule has 0 aliphatic carbocycles. The molecule has 0 fully saturated rings. The summed E-state index contributed by atoms with van der Waals surface area (Å²) in [6.45, 7) is 1.99. The van der Waals surface area contributed by atoms with Crippen molar-refractivity contribution in [1.82, 2.24) is 15.5 Å². The number of nitrogens with zero attached hydrogens (tertiary/aromatic N) is 2. The standard InChI is InChI=1S/C26H20N4O4/c1-16-23-20(14-22(29-26(23)34-30-16)17-8-3-2-4-9-17)25(32)28-21-12-6-5-11-19(21)24(31)27-15-18-10-7-13-33-18/h2-14H,15H2,1H3,(H,27,31)(H,28,32). The van der Waals surface area contributed by atoms with E-state index in [0.717, 1.165) is 5.56 Å². The Morgan fingerprint density at radius 1 is 0.912 bits per heavy atom. The number of furan rings is 1. The number of benzene rings is 2. The van der Waals surface area contributed by atoms with E-state index >= 15 is 0 Å². The van der Waals surface area contributed by atoms with Crippen LogP contribution in [0.2, 0.25) is 0 Å². The number of para-hydroxylation sites is 1. The van der Waals surface area contributed by atoms with Crippen molar-refractivity contribution in [3.8, 4) is 11.3 Å². The summed E-state index contributed by atoms with van der Waals surface area (Å²) in [6, 6.07) is 21.5. The Balaban J connectivity index is 1.46. The van der Waals surface area contributed by atoms with Crippen molar-refractivity contribution in [3.63, 3.8) is 0 Å². The van der Waals surface area contributed by atoms with Crippen molar-refractivity contribution >= 4 is 28.6 Å². The van der Waals surface area contributed by atoms with Gasteiger partial charge < -0.3 is 19.6 Å². The first-order valence-corrected chi connectivity index (χ1v) is 10.6. The van der Waals surface area contributed by atoms with Crippen LogP contribution >= 0.6 is 0 Å². The van der Waals surface area contributed by atoms with Crippen molar-refractivity contribution in [1.29, 1.82) is 0 Å². The van der Waals surface area contributed by atoms with E-state index in [-0.39, 0.29) is 18.2 Å². The molecule has 2 aromatic carbocycles. The molecule has 3 heterocycles. The van der Waals surface area contributed by atoms with Crippen LogP contribution in [0.4, 0.5) is 5.69 Å². The van der Waals surface area contributed by atoms with Crippen molar-refractivity contribution in [3.05, 3.63) is 102 Å². The number of amides is 2. The summed E-state index contributed by atoms with van der Waals surface area (Å²) in [5.41, 5.74) is 3.31. The molecule has 2 N–H and O–H groups in total. The normalized spacial score (nSPS) is 10.9. The molecule has 0 bridgehead atoms. The van der Waals surface area contributed by atoms with Gasteiger partial charge in [0.15, 0.2) is 0 Å². The zero-order valence-corrected chi connectivity index (χ0v) is 18.2. The highest BCUT2D eigenvalue weighted by atomic mass is 16.5. The van der Waals surface area contributed by atoms with Crippen LogP contribution in [0, 0.1) is 6.92 Å². The second-order valence-electron chi connectivity index (χ2n) is 7.63. The van der Waals surface area contributed by atoms with Gasteiger partial charge in [0.25, 0.3) is 17.5 Å². The molecule has 0 saturated heterocycles. The number of pyridine rings is 1. The average molecular weight is 452 g/mol. The minimum Gasteiger partial charge on any atom is -0.467 e. The minimum absolute atomic E-state index is 0.236. The summed E-state index contributed by atoms with van der Waals surface area (Å²) in [5, 5.41) is 10.2. The Hall–Kier alpha value is -4.72. The second-order valence-corrected chi connectivity index (χ2v) is 7.63. The zero-order chi connectivity index (χ0) is 23.5. The fourth-order valence-corrected chi connectivity index (χ4v) is 3.69. The van der Waals surface area contributed by atoms with Gasteiger partial charge in [-0.3, -0.25) is 9.59 Å². The predicted octanol–water partition coefficient (Wildman–Crippen LogP) is 4.97. The van der Waals surface area contributed by atoms with Crippen LogP contribution in [0.15, 0.2) is 88.0 Å². The van der Waals surface area contributed by atoms with Gasteiger partial charge in [0.2, 0.25) is 0 Å². The highest BCUT2D eigenvalue weighted by Gasteiger charge is 2.21. The number of fused-ring (bicyclic) bond motifs is 1. The van der Waals surface area contributed by atoms with E-state index < -0.39 is 5.91 Å². The SMILES string of the molecule is Cc1noc2nc(-c3ccccc3)cc(C(=O)Nc3ccccc3C(=O)NCc3ccco3)c12. The number of hydrogen-bond donors (Lipinski definition) is 2. The highest BCUT2D eigenvalue weighted by molar-refractivity contribution is 6.15. The monoisotopic (exact) mass is 452 g/mol. The third-order valence-electron chi connectivity index (χ3n) is 5.35. The Morgan fingerprint density at radius 2 is 1.71 bits per heavy atom. The highest BCUT2D eigenvalue weighted by Crippen LogP contribution is 2.28. The second kappa shape index (κ2) is 9.03. The Bertz CT molecular complexity index is 1470. The van der Waals surface area contributed by atoms with E-state index in [0.29, 0.717) is 39.3 Å². The number of rotatable bonds is 6. The summed E-state index contributed by atoms with van der Waals surface area (Å²) < 4.78 is 10.6. The number of aryl methyl sites for hydroxylation is 1. The molecule has 5 aromatic rings. The molecule has 2 amide bonds. The zero-order valence-electron chi connectivity index (χ0n) is 18.2. The van der Waals surface area contributed by atoms with Crippen LogP contribution < -0.4 is 10.6 Å². The smallest absolute Gasteiger partial charge is 0.259 e. The Labute approximate surface area is 194 Å². The maximum absolute atomic E-state index is 13.4. The minimum atomic E-state index is -0.401. The fourth-order valence-electron chi connectivity index (χ4n) is 3.69. The molecule has 0 saturated carbocycles. The van der Waals surface area contributed by atoms with Crippen LogP contribution in [0.5, 0.6) is 0 Å². The summed E-state index contributed by atoms with van der Waals surface area (Å²) in [4.78, 5) is 30.8.